The maximum absolute atomic E-state index is 13.0. The first kappa shape index (κ1) is 19.2. The second-order valence-electron chi connectivity index (χ2n) is 7.15. The normalized spacial score (nSPS) is 18.6. The van der Waals surface area contributed by atoms with Crippen LogP contribution < -0.4 is 4.90 Å². The minimum atomic E-state index is -3.62. The molecule has 0 radical (unpaired) electrons. The summed E-state index contributed by atoms with van der Waals surface area (Å²) in [5, 5.41) is 0.404. The van der Waals surface area contributed by atoms with Crippen LogP contribution in [0, 0.1) is 6.92 Å². The fourth-order valence-electron chi connectivity index (χ4n) is 3.86. The van der Waals surface area contributed by atoms with Gasteiger partial charge < -0.3 is 4.74 Å². The van der Waals surface area contributed by atoms with Crippen LogP contribution in [-0.2, 0) is 21.4 Å². The number of ether oxygens (including phenoxy) is 1. The summed E-state index contributed by atoms with van der Waals surface area (Å²) in [6, 6.07) is 12.4. The summed E-state index contributed by atoms with van der Waals surface area (Å²) in [6.45, 7) is 2.76. The highest BCUT2D eigenvalue weighted by molar-refractivity contribution is 7.89. The highest BCUT2D eigenvalue weighted by atomic mass is 35.5. The first-order valence-corrected chi connectivity index (χ1v) is 11.0. The highest BCUT2D eigenvalue weighted by Crippen LogP contribution is 2.33. The number of aryl methyl sites for hydroxylation is 1. The Morgan fingerprint density at radius 1 is 1.11 bits per heavy atom. The van der Waals surface area contributed by atoms with Gasteiger partial charge in [0.15, 0.2) is 0 Å². The number of nitrogens with zero attached hydrogens (tertiary/aromatic N) is 2. The molecule has 0 N–H and O–H groups in total. The molecule has 2 aromatic rings. The van der Waals surface area contributed by atoms with Crippen molar-refractivity contribution in [2.75, 3.05) is 18.0 Å². The Hall–Kier alpha value is -2.09. The van der Waals surface area contributed by atoms with Crippen LogP contribution in [0.15, 0.2) is 47.4 Å². The van der Waals surface area contributed by atoms with Crippen molar-refractivity contribution in [3.63, 3.8) is 0 Å². The number of cyclic esters (lactones) is 1. The van der Waals surface area contributed by atoms with E-state index in [1.807, 2.05) is 31.2 Å². The molecule has 1 fully saturated rings. The number of carbonyl (C=O) groups is 1. The van der Waals surface area contributed by atoms with Gasteiger partial charge in [-0.25, -0.2) is 13.2 Å². The Labute approximate surface area is 169 Å². The van der Waals surface area contributed by atoms with E-state index in [0.29, 0.717) is 31.0 Å². The van der Waals surface area contributed by atoms with Crippen molar-refractivity contribution in [3.05, 3.63) is 58.6 Å². The molecule has 4 rings (SSSR count). The van der Waals surface area contributed by atoms with Gasteiger partial charge in [-0.1, -0.05) is 29.8 Å². The maximum Gasteiger partial charge on any atom is 0.414 e. The number of amides is 1. The van der Waals surface area contributed by atoms with Gasteiger partial charge in [-0.2, -0.15) is 4.31 Å². The van der Waals surface area contributed by atoms with Gasteiger partial charge >= 0.3 is 6.09 Å². The van der Waals surface area contributed by atoms with E-state index < -0.39 is 10.0 Å². The van der Waals surface area contributed by atoms with E-state index in [1.165, 1.54) is 10.4 Å². The van der Waals surface area contributed by atoms with Gasteiger partial charge in [-0.15, -0.1) is 0 Å². The Morgan fingerprint density at radius 3 is 2.54 bits per heavy atom. The van der Waals surface area contributed by atoms with Crippen molar-refractivity contribution in [2.45, 2.75) is 37.3 Å². The number of sulfonamides is 1. The number of rotatable bonds is 3. The molecule has 0 aromatic heterocycles. The topological polar surface area (TPSA) is 66.9 Å². The van der Waals surface area contributed by atoms with Crippen molar-refractivity contribution in [1.29, 1.82) is 0 Å². The SMILES string of the molecule is Cc1cc(Cl)cc(S(=O)(=O)N2CCC(N3C(=O)OCc4ccccc43)CC2)c1. The van der Waals surface area contributed by atoms with E-state index >= 15 is 0 Å². The smallest absolute Gasteiger partial charge is 0.414 e. The lowest BCUT2D eigenvalue weighted by molar-refractivity contribution is 0.136. The fourth-order valence-corrected chi connectivity index (χ4v) is 5.82. The van der Waals surface area contributed by atoms with E-state index in [-0.39, 0.29) is 23.6 Å². The molecule has 2 aliphatic heterocycles. The average molecular weight is 421 g/mol. The lowest BCUT2D eigenvalue weighted by atomic mass is 10.0. The van der Waals surface area contributed by atoms with Gasteiger partial charge in [0, 0.05) is 29.7 Å². The van der Waals surface area contributed by atoms with Gasteiger partial charge in [0.1, 0.15) is 6.61 Å². The maximum atomic E-state index is 13.0. The third-order valence-electron chi connectivity index (χ3n) is 5.24. The van der Waals surface area contributed by atoms with Crippen LogP contribution in [0.1, 0.15) is 24.0 Å². The molecule has 2 aromatic carbocycles. The third-order valence-corrected chi connectivity index (χ3v) is 7.34. The molecular weight excluding hydrogens is 400 g/mol. The van der Waals surface area contributed by atoms with Crippen molar-refractivity contribution >= 4 is 33.4 Å². The summed E-state index contributed by atoms with van der Waals surface area (Å²) >= 11 is 6.04. The van der Waals surface area contributed by atoms with Crippen LogP contribution in [0.2, 0.25) is 5.02 Å². The zero-order chi connectivity index (χ0) is 19.9. The number of anilines is 1. The van der Waals surface area contributed by atoms with Gasteiger partial charge in [-0.3, -0.25) is 4.90 Å². The number of halogens is 1. The first-order chi connectivity index (χ1) is 13.4. The van der Waals surface area contributed by atoms with Gasteiger partial charge in [0.25, 0.3) is 0 Å². The molecule has 0 bridgehead atoms. The Kier molecular flexibility index (Phi) is 5.07. The molecule has 148 valence electrons. The molecule has 1 saturated heterocycles. The molecule has 2 heterocycles. The Morgan fingerprint density at radius 2 is 1.82 bits per heavy atom. The molecule has 0 atom stereocenters. The molecule has 28 heavy (non-hydrogen) atoms. The number of benzene rings is 2. The number of fused-ring (bicyclic) bond motifs is 1. The van der Waals surface area contributed by atoms with Crippen LogP contribution in [0.4, 0.5) is 10.5 Å². The molecule has 6 nitrogen and oxygen atoms in total. The van der Waals surface area contributed by atoms with Gasteiger partial charge in [0.05, 0.1) is 10.6 Å². The Bertz CT molecular complexity index is 996. The van der Waals surface area contributed by atoms with Gasteiger partial charge in [-0.05, 0) is 49.6 Å². The van der Waals surface area contributed by atoms with E-state index in [4.69, 9.17) is 16.3 Å². The van der Waals surface area contributed by atoms with Crippen LogP contribution in [0.25, 0.3) is 0 Å². The monoisotopic (exact) mass is 420 g/mol. The third kappa shape index (κ3) is 3.50. The quantitative estimate of drug-likeness (QED) is 0.753. The molecule has 8 heteroatoms. The first-order valence-electron chi connectivity index (χ1n) is 9.17. The van der Waals surface area contributed by atoms with Crippen molar-refractivity contribution in [3.8, 4) is 0 Å². The number of hydrogen-bond donors (Lipinski definition) is 0. The minimum absolute atomic E-state index is 0.0958. The number of hydrogen-bond acceptors (Lipinski definition) is 4. The molecule has 0 spiro atoms. The van der Waals surface area contributed by atoms with Crippen LogP contribution in [-0.4, -0.2) is 37.9 Å². The molecule has 1 amide bonds. The van der Waals surface area contributed by atoms with Crippen LogP contribution >= 0.6 is 11.6 Å². The Balaban J connectivity index is 1.53. The second-order valence-corrected chi connectivity index (χ2v) is 9.53. The number of piperidine rings is 1. The fraction of sp³-hybridized carbons (Fsp3) is 0.350. The number of para-hydroxylation sites is 1. The summed E-state index contributed by atoms with van der Waals surface area (Å²) in [7, 11) is -3.62. The van der Waals surface area contributed by atoms with Crippen molar-refractivity contribution < 1.29 is 17.9 Å². The summed E-state index contributed by atoms with van der Waals surface area (Å²) in [6.07, 6.45) is 0.718. The van der Waals surface area contributed by atoms with E-state index in [0.717, 1.165) is 16.8 Å². The summed E-state index contributed by atoms with van der Waals surface area (Å²) < 4.78 is 32.8. The lowest BCUT2D eigenvalue weighted by Gasteiger charge is -2.39. The van der Waals surface area contributed by atoms with Gasteiger partial charge in [0.2, 0.25) is 10.0 Å². The van der Waals surface area contributed by atoms with Crippen molar-refractivity contribution in [2.24, 2.45) is 0 Å². The highest BCUT2D eigenvalue weighted by Gasteiger charge is 2.37. The molecule has 2 aliphatic rings. The van der Waals surface area contributed by atoms with E-state index in [1.54, 1.807) is 17.0 Å². The zero-order valence-electron chi connectivity index (χ0n) is 15.5. The predicted molar refractivity (Wildman–Crippen MR) is 107 cm³/mol. The van der Waals surface area contributed by atoms with Crippen molar-refractivity contribution in [1.82, 2.24) is 4.31 Å². The van der Waals surface area contributed by atoms with Crippen LogP contribution in [0.3, 0.4) is 0 Å². The zero-order valence-corrected chi connectivity index (χ0v) is 17.0. The predicted octanol–water partition coefficient (Wildman–Crippen LogP) is 3.96. The second kappa shape index (κ2) is 7.39. The standard InChI is InChI=1S/C20H21ClN2O4S/c1-14-10-16(21)12-18(11-14)28(25,26)22-8-6-17(7-9-22)23-19-5-3-2-4-15(19)13-27-20(23)24/h2-5,10-12,17H,6-9,13H2,1H3. The lowest BCUT2D eigenvalue weighted by Crippen LogP contribution is -2.50. The molecule has 0 unspecified atom stereocenters. The van der Waals surface area contributed by atoms with E-state index in [9.17, 15) is 13.2 Å². The molecule has 0 saturated carbocycles. The summed E-state index contributed by atoms with van der Waals surface area (Å²) in [5.41, 5.74) is 2.62. The number of carbonyl (C=O) groups excluding carboxylic acids is 1. The molecular formula is C20H21ClN2O4S. The molecule has 0 aliphatic carbocycles. The van der Waals surface area contributed by atoms with Crippen LogP contribution in [0.5, 0.6) is 0 Å². The van der Waals surface area contributed by atoms with E-state index in [2.05, 4.69) is 0 Å². The summed E-state index contributed by atoms with van der Waals surface area (Å²) in [4.78, 5) is 14.3. The average Bonchev–Trinajstić information content (AvgIpc) is 2.67. The largest absolute Gasteiger partial charge is 0.444 e. The minimum Gasteiger partial charge on any atom is -0.444 e. The summed E-state index contributed by atoms with van der Waals surface area (Å²) in [5.74, 6) is 0.